The standard InChI is InChI=1S/C14H23F3O3/c1-12(2)5-7-13(8-6-12,11(18)19)4-3-9-20-10-14(15,16)17/h3-10H2,1-2H3,(H,18,19). The molecule has 0 heterocycles. The number of carbonyl (C=O) groups is 1. The average molecular weight is 296 g/mol. The summed E-state index contributed by atoms with van der Waals surface area (Å²) in [6, 6.07) is 0. The number of alkyl halides is 3. The van der Waals surface area contributed by atoms with Crippen LogP contribution in [0.25, 0.3) is 0 Å². The smallest absolute Gasteiger partial charge is 0.411 e. The number of aliphatic carboxylic acids is 1. The van der Waals surface area contributed by atoms with Crippen LogP contribution < -0.4 is 0 Å². The minimum atomic E-state index is -4.32. The summed E-state index contributed by atoms with van der Waals surface area (Å²) in [4.78, 5) is 11.5. The summed E-state index contributed by atoms with van der Waals surface area (Å²) in [7, 11) is 0. The van der Waals surface area contributed by atoms with E-state index in [2.05, 4.69) is 18.6 Å². The predicted octanol–water partition coefficient (Wildman–Crippen LogP) is 4.02. The van der Waals surface area contributed by atoms with Crippen molar-refractivity contribution in [3.63, 3.8) is 0 Å². The Morgan fingerprint density at radius 1 is 1.20 bits per heavy atom. The van der Waals surface area contributed by atoms with Gasteiger partial charge in [-0.25, -0.2) is 0 Å². The first-order chi connectivity index (χ1) is 9.06. The molecular weight excluding hydrogens is 273 g/mol. The summed E-state index contributed by atoms with van der Waals surface area (Å²) >= 11 is 0. The summed E-state index contributed by atoms with van der Waals surface area (Å²) in [5.74, 6) is -0.830. The molecule has 1 rings (SSSR count). The fourth-order valence-corrected chi connectivity index (χ4v) is 2.68. The van der Waals surface area contributed by atoms with Crippen molar-refractivity contribution in [2.75, 3.05) is 13.2 Å². The van der Waals surface area contributed by atoms with E-state index in [4.69, 9.17) is 0 Å². The van der Waals surface area contributed by atoms with E-state index in [1.165, 1.54) is 0 Å². The fourth-order valence-electron chi connectivity index (χ4n) is 2.68. The van der Waals surface area contributed by atoms with Crippen LogP contribution in [0.3, 0.4) is 0 Å². The van der Waals surface area contributed by atoms with E-state index in [0.29, 0.717) is 25.7 Å². The van der Waals surface area contributed by atoms with Crippen LogP contribution in [-0.4, -0.2) is 30.5 Å². The van der Waals surface area contributed by atoms with Gasteiger partial charge >= 0.3 is 12.1 Å². The Bertz CT molecular complexity index is 327. The van der Waals surface area contributed by atoms with Gasteiger partial charge in [-0.1, -0.05) is 13.8 Å². The highest BCUT2D eigenvalue weighted by Crippen LogP contribution is 2.47. The minimum Gasteiger partial charge on any atom is -0.481 e. The van der Waals surface area contributed by atoms with Crippen LogP contribution >= 0.6 is 0 Å². The van der Waals surface area contributed by atoms with Crippen LogP contribution in [0.15, 0.2) is 0 Å². The third kappa shape index (κ3) is 5.31. The first-order valence-corrected chi connectivity index (χ1v) is 6.94. The van der Waals surface area contributed by atoms with Crippen molar-refractivity contribution < 1.29 is 27.8 Å². The molecule has 0 bridgehead atoms. The number of halogens is 3. The first kappa shape index (κ1) is 17.3. The molecule has 1 aliphatic rings. The van der Waals surface area contributed by atoms with Crippen molar-refractivity contribution in [3.8, 4) is 0 Å². The van der Waals surface area contributed by atoms with Crippen LogP contribution in [-0.2, 0) is 9.53 Å². The van der Waals surface area contributed by atoms with Gasteiger partial charge in [-0.05, 0) is 43.9 Å². The van der Waals surface area contributed by atoms with Gasteiger partial charge in [0.15, 0.2) is 0 Å². The molecule has 0 aromatic carbocycles. The van der Waals surface area contributed by atoms with Crippen molar-refractivity contribution in [2.45, 2.75) is 58.5 Å². The van der Waals surface area contributed by atoms with Gasteiger partial charge in [-0.2, -0.15) is 13.2 Å². The molecule has 118 valence electrons. The largest absolute Gasteiger partial charge is 0.481 e. The van der Waals surface area contributed by atoms with Crippen LogP contribution in [0.4, 0.5) is 13.2 Å². The van der Waals surface area contributed by atoms with Gasteiger partial charge in [0.05, 0.1) is 5.41 Å². The van der Waals surface area contributed by atoms with Crippen molar-refractivity contribution in [2.24, 2.45) is 10.8 Å². The zero-order valence-electron chi connectivity index (χ0n) is 12.1. The predicted molar refractivity (Wildman–Crippen MR) is 68.4 cm³/mol. The zero-order valence-corrected chi connectivity index (χ0v) is 12.1. The van der Waals surface area contributed by atoms with Crippen LogP contribution in [0.5, 0.6) is 0 Å². The van der Waals surface area contributed by atoms with E-state index < -0.39 is 24.2 Å². The highest BCUT2D eigenvalue weighted by atomic mass is 19.4. The molecule has 0 radical (unpaired) electrons. The Labute approximate surface area is 117 Å². The van der Waals surface area contributed by atoms with E-state index >= 15 is 0 Å². The highest BCUT2D eigenvalue weighted by Gasteiger charge is 2.43. The molecule has 20 heavy (non-hydrogen) atoms. The molecule has 0 unspecified atom stereocenters. The number of carboxylic acid groups (broad SMARTS) is 1. The molecular formula is C14H23F3O3. The highest BCUT2D eigenvalue weighted by molar-refractivity contribution is 5.74. The monoisotopic (exact) mass is 296 g/mol. The minimum absolute atomic E-state index is 0.0437. The SMILES string of the molecule is CC1(C)CCC(CCCOCC(F)(F)F)(C(=O)O)CC1. The van der Waals surface area contributed by atoms with Crippen molar-refractivity contribution in [1.29, 1.82) is 0 Å². The summed E-state index contributed by atoms with van der Waals surface area (Å²) in [6.07, 6.45) is -0.729. The van der Waals surface area contributed by atoms with Gasteiger partial charge in [0.2, 0.25) is 0 Å². The van der Waals surface area contributed by atoms with E-state index in [1.54, 1.807) is 0 Å². The molecule has 0 aromatic rings. The average Bonchev–Trinajstić information content (AvgIpc) is 2.29. The maximum Gasteiger partial charge on any atom is 0.411 e. The van der Waals surface area contributed by atoms with Gasteiger partial charge in [0.1, 0.15) is 6.61 Å². The Morgan fingerprint density at radius 2 is 1.75 bits per heavy atom. The topological polar surface area (TPSA) is 46.5 Å². The van der Waals surface area contributed by atoms with Crippen LogP contribution in [0, 0.1) is 10.8 Å². The molecule has 0 saturated heterocycles. The van der Waals surface area contributed by atoms with Crippen LogP contribution in [0.1, 0.15) is 52.4 Å². The normalized spacial score (nSPS) is 21.6. The maximum atomic E-state index is 11.9. The van der Waals surface area contributed by atoms with Crippen molar-refractivity contribution in [3.05, 3.63) is 0 Å². The Kier molecular flexibility index (Phi) is 5.46. The molecule has 0 atom stereocenters. The van der Waals surface area contributed by atoms with Crippen molar-refractivity contribution in [1.82, 2.24) is 0 Å². The molecule has 3 nitrogen and oxygen atoms in total. The lowest BCUT2D eigenvalue weighted by molar-refractivity contribution is -0.175. The van der Waals surface area contributed by atoms with Gasteiger partial charge in [-0.3, -0.25) is 4.79 Å². The van der Waals surface area contributed by atoms with E-state index in [-0.39, 0.29) is 12.0 Å². The third-order valence-electron chi connectivity index (χ3n) is 4.22. The summed E-state index contributed by atoms with van der Waals surface area (Å²) < 4.78 is 40.3. The molecule has 0 aromatic heterocycles. The second-order valence-corrected chi connectivity index (χ2v) is 6.52. The number of hydrogen-bond acceptors (Lipinski definition) is 2. The molecule has 6 heteroatoms. The third-order valence-corrected chi connectivity index (χ3v) is 4.22. The van der Waals surface area contributed by atoms with Crippen LogP contribution in [0.2, 0.25) is 0 Å². The molecule has 1 N–H and O–H groups in total. The quantitative estimate of drug-likeness (QED) is 0.753. The number of ether oxygens (including phenoxy) is 1. The number of carboxylic acids is 1. The first-order valence-electron chi connectivity index (χ1n) is 6.94. The molecule has 1 aliphatic carbocycles. The van der Waals surface area contributed by atoms with Gasteiger partial charge in [0, 0.05) is 6.61 Å². The molecule has 1 fully saturated rings. The molecule has 1 saturated carbocycles. The lowest BCUT2D eigenvalue weighted by Crippen LogP contribution is -2.38. The summed E-state index contributed by atoms with van der Waals surface area (Å²) in [5.41, 5.74) is -0.622. The van der Waals surface area contributed by atoms with E-state index in [9.17, 15) is 23.1 Å². The second kappa shape index (κ2) is 6.33. The van der Waals surface area contributed by atoms with Gasteiger partial charge < -0.3 is 9.84 Å². The lowest BCUT2D eigenvalue weighted by atomic mass is 9.63. The van der Waals surface area contributed by atoms with E-state index in [1.807, 2.05) is 0 Å². The molecule has 0 aliphatic heterocycles. The maximum absolute atomic E-state index is 11.9. The number of hydrogen-bond donors (Lipinski definition) is 1. The zero-order chi connectivity index (χ0) is 15.4. The van der Waals surface area contributed by atoms with Gasteiger partial charge in [0.25, 0.3) is 0 Å². The summed E-state index contributed by atoms with van der Waals surface area (Å²) in [6.45, 7) is 2.93. The lowest BCUT2D eigenvalue weighted by Gasteiger charge is -2.41. The van der Waals surface area contributed by atoms with E-state index in [0.717, 1.165) is 12.8 Å². The molecule has 0 amide bonds. The van der Waals surface area contributed by atoms with Crippen molar-refractivity contribution >= 4 is 5.97 Å². The fraction of sp³-hybridized carbons (Fsp3) is 0.929. The Balaban J connectivity index is 2.40. The summed E-state index contributed by atoms with van der Waals surface area (Å²) in [5, 5.41) is 9.42. The molecule has 0 spiro atoms. The Hall–Kier alpha value is -0.780. The second-order valence-electron chi connectivity index (χ2n) is 6.52. The Morgan fingerprint density at radius 3 is 2.20 bits per heavy atom. The number of rotatable bonds is 6. The van der Waals surface area contributed by atoms with Gasteiger partial charge in [-0.15, -0.1) is 0 Å².